The van der Waals surface area contributed by atoms with Gasteiger partial charge in [0, 0.05) is 18.7 Å². The van der Waals surface area contributed by atoms with Gasteiger partial charge in [-0.1, -0.05) is 31.0 Å². The number of rotatable bonds is 3. The van der Waals surface area contributed by atoms with Crippen LogP contribution in [0.15, 0.2) is 24.3 Å². The zero-order valence-electron chi connectivity index (χ0n) is 14.3. The Hall–Kier alpha value is -1.91. The third kappa shape index (κ3) is 2.55. The van der Waals surface area contributed by atoms with Crippen molar-refractivity contribution in [2.45, 2.75) is 50.4 Å². The maximum atomic E-state index is 14.5. The van der Waals surface area contributed by atoms with E-state index in [9.17, 15) is 19.1 Å². The number of hydrogen-bond acceptors (Lipinski definition) is 2. The van der Waals surface area contributed by atoms with Gasteiger partial charge < -0.3 is 10.0 Å². The number of nitrogens with zero attached hydrogens (tertiary/aromatic N) is 1. The number of piperidine rings is 1. The molecule has 0 bridgehead atoms. The standard InChI is InChI=1S/C20H24FNO3/c21-16-6-2-1-5-14(16)20(7-3-4-8-20)18(25)22-11-9-19(10-12-22)13-15(19)17(23)24/h1-2,5-6,15H,3-4,7-13H2,(H,23,24). The quantitative estimate of drug-likeness (QED) is 0.914. The second kappa shape index (κ2) is 5.82. The van der Waals surface area contributed by atoms with E-state index in [1.54, 1.807) is 18.2 Å². The number of benzene rings is 1. The van der Waals surface area contributed by atoms with Crippen LogP contribution in [0.4, 0.5) is 4.39 Å². The maximum Gasteiger partial charge on any atom is 0.307 e. The van der Waals surface area contributed by atoms with Crippen molar-refractivity contribution < 1.29 is 19.1 Å². The Morgan fingerprint density at radius 3 is 2.28 bits per heavy atom. The van der Waals surface area contributed by atoms with Crippen LogP contribution < -0.4 is 0 Å². The van der Waals surface area contributed by atoms with Crippen molar-refractivity contribution in [2.24, 2.45) is 11.3 Å². The number of carboxylic acid groups (broad SMARTS) is 1. The van der Waals surface area contributed by atoms with E-state index in [-0.39, 0.29) is 23.1 Å². The monoisotopic (exact) mass is 345 g/mol. The fourth-order valence-electron chi connectivity index (χ4n) is 5.13. The van der Waals surface area contributed by atoms with Crippen molar-refractivity contribution >= 4 is 11.9 Å². The fraction of sp³-hybridized carbons (Fsp3) is 0.600. The van der Waals surface area contributed by atoms with E-state index in [4.69, 9.17) is 0 Å². The number of carbonyl (C=O) groups is 2. The zero-order valence-corrected chi connectivity index (χ0v) is 14.3. The molecule has 0 radical (unpaired) electrons. The van der Waals surface area contributed by atoms with Crippen LogP contribution in [0.1, 0.15) is 50.5 Å². The SMILES string of the molecule is O=C(O)C1CC12CCN(C(=O)C1(c3ccccc3F)CCCC1)CC2. The van der Waals surface area contributed by atoms with E-state index < -0.39 is 11.4 Å². The van der Waals surface area contributed by atoms with Gasteiger partial charge in [-0.05, 0) is 43.6 Å². The Labute approximate surface area is 147 Å². The molecular formula is C20H24FNO3. The summed E-state index contributed by atoms with van der Waals surface area (Å²) < 4.78 is 14.5. The molecule has 0 aromatic heterocycles. The van der Waals surface area contributed by atoms with Gasteiger partial charge in [0.25, 0.3) is 0 Å². The molecule has 1 unspecified atom stereocenters. The molecule has 3 aliphatic rings. The van der Waals surface area contributed by atoms with Gasteiger partial charge >= 0.3 is 5.97 Å². The number of carboxylic acids is 1. The highest BCUT2D eigenvalue weighted by molar-refractivity contribution is 5.89. The van der Waals surface area contributed by atoms with Crippen molar-refractivity contribution in [2.75, 3.05) is 13.1 Å². The first-order valence-electron chi connectivity index (χ1n) is 9.26. The number of amides is 1. The molecule has 1 saturated heterocycles. The van der Waals surface area contributed by atoms with E-state index in [1.807, 2.05) is 4.90 Å². The predicted octanol–water partition coefficient (Wildman–Crippen LogP) is 3.35. The molecule has 2 saturated carbocycles. The van der Waals surface area contributed by atoms with Crippen LogP contribution in [-0.4, -0.2) is 35.0 Å². The summed E-state index contributed by atoms with van der Waals surface area (Å²) >= 11 is 0. The fourth-order valence-corrected chi connectivity index (χ4v) is 5.13. The first kappa shape index (κ1) is 16.6. The van der Waals surface area contributed by atoms with Gasteiger partial charge in [-0.3, -0.25) is 9.59 Å². The highest BCUT2D eigenvalue weighted by atomic mass is 19.1. The second-order valence-electron chi connectivity index (χ2n) is 8.02. The molecule has 1 spiro atoms. The molecule has 1 amide bonds. The van der Waals surface area contributed by atoms with Crippen molar-refractivity contribution in [1.29, 1.82) is 0 Å². The predicted molar refractivity (Wildman–Crippen MR) is 90.5 cm³/mol. The minimum Gasteiger partial charge on any atom is -0.481 e. The Morgan fingerprint density at radius 1 is 1.08 bits per heavy atom. The highest BCUT2D eigenvalue weighted by Crippen LogP contribution is 2.59. The molecule has 5 heteroatoms. The van der Waals surface area contributed by atoms with Gasteiger partial charge in [-0.15, -0.1) is 0 Å². The third-order valence-corrected chi connectivity index (χ3v) is 6.79. The van der Waals surface area contributed by atoms with Crippen LogP contribution in [-0.2, 0) is 15.0 Å². The average Bonchev–Trinajstić information content (AvgIpc) is 3.09. The Kier molecular flexibility index (Phi) is 3.85. The van der Waals surface area contributed by atoms with Crippen LogP contribution in [0.3, 0.4) is 0 Å². The molecule has 1 heterocycles. The van der Waals surface area contributed by atoms with Crippen molar-refractivity contribution in [3.63, 3.8) is 0 Å². The molecule has 134 valence electrons. The van der Waals surface area contributed by atoms with Crippen molar-refractivity contribution in [1.82, 2.24) is 4.90 Å². The Balaban J connectivity index is 1.54. The van der Waals surface area contributed by atoms with Crippen molar-refractivity contribution in [3.05, 3.63) is 35.6 Å². The van der Waals surface area contributed by atoms with Crippen LogP contribution in [0.25, 0.3) is 0 Å². The zero-order chi connectivity index (χ0) is 17.7. The largest absolute Gasteiger partial charge is 0.481 e. The van der Waals surface area contributed by atoms with Gasteiger partial charge in [0.05, 0.1) is 11.3 Å². The molecule has 1 N–H and O–H groups in total. The average molecular weight is 345 g/mol. The normalized spacial score (nSPS) is 26.6. The summed E-state index contributed by atoms with van der Waals surface area (Å²) in [6, 6.07) is 6.66. The second-order valence-corrected chi connectivity index (χ2v) is 8.02. The summed E-state index contributed by atoms with van der Waals surface area (Å²) in [6.45, 7) is 1.19. The molecule has 1 aliphatic heterocycles. The summed E-state index contributed by atoms with van der Waals surface area (Å²) in [7, 11) is 0. The topological polar surface area (TPSA) is 57.6 Å². The van der Waals surface area contributed by atoms with E-state index >= 15 is 0 Å². The third-order valence-electron chi connectivity index (χ3n) is 6.79. The minimum absolute atomic E-state index is 0.0393. The van der Waals surface area contributed by atoms with Crippen LogP contribution in [0.2, 0.25) is 0 Å². The van der Waals surface area contributed by atoms with Crippen molar-refractivity contribution in [3.8, 4) is 0 Å². The smallest absolute Gasteiger partial charge is 0.307 e. The number of halogens is 1. The molecule has 1 atom stereocenters. The first-order valence-corrected chi connectivity index (χ1v) is 9.26. The van der Waals surface area contributed by atoms with E-state index in [2.05, 4.69) is 0 Å². The molecule has 3 fully saturated rings. The lowest BCUT2D eigenvalue weighted by atomic mass is 9.76. The highest BCUT2D eigenvalue weighted by Gasteiger charge is 2.59. The summed E-state index contributed by atoms with van der Waals surface area (Å²) in [6.07, 6.45) is 5.53. The lowest BCUT2D eigenvalue weighted by molar-refractivity contribution is -0.140. The molecule has 4 rings (SSSR count). The molecule has 25 heavy (non-hydrogen) atoms. The number of hydrogen-bond donors (Lipinski definition) is 1. The minimum atomic E-state index is -0.731. The van der Waals surface area contributed by atoms with Gasteiger partial charge in [-0.25, -0.2) is 4.39 Å². The van der Waals surface area contributed by atoms with Crippen LogP contribution >= 0.6 is 0 Å². The maximum absolute atomic E-state index is 14.5. The summed E-state index contributed by atoms with van der Waals surface area (Å²) in [5.41, 5.74) is -0.290. The molecule has 1 aromatic carbocycles. The van der Waals surface area contributed by atoms with Crippen LogP contribution in [0.5, 0.6) is 0 Å². The van der Waals surface area contributed by atoms with Gasteiger partial charge in [0.1, 0.15) is 5.82 Å². The molecule has 4 nitrogen and oxygen atoms in total. The summed E-state index contributed by atoms with van der Waals surface area (Å²) in [5, 5.41) is 9.22. The van der Waals surface area contributed by atoms with Gasteiger partial charge in [0.15, 0.2) is 0 Å². The Bertz CT molecular complexity index is 703. The van der Waals surface area contributed by atoms with Gasteiger partial charge in [-0.2, -0.15) is 0 Å². The van der Waals surface area contributed by atoms with E-state index in [0.717, 1.165) is 32.1 Å². The number of aliphatic carboxylic acids is 1. The number of likely N-dealkylation sites (tertiary alicyclic amines) is 1. The lowest BCUT2D eigenvalue weighted by Gasteiger charge is -2.39. The molecule has 1 aromatic rings. The van der Waals surface area contributed by atoms with Gasteiger partial charge in [0.2, 0.25) is 5.91 Å². The Morgan fingerprint density at radius 2 is 1.72 bits per heavy atom. The molecular weight excluding hydrogens is 321 g/mol. The number of carbonyl (C=O) groups excluding carboxylic acids is 1. The molecule has 2 aliphatic carbocycles. The summed E-state index contributed by atoms with van der Waals surface area (Å²) in [4.78, 5) is 26.4. The van der Waals surface area contributed by atoms with E-state index in [0.29, 0.717) is 31.5 Å². The lowest BCUT2D eigenvalue weighted by Crippen LogP contribution is -2.49. The van der Waals surface area contributed by atoms with E-state index in [1.165, 1.54) is 6.07 Å². The summed E-state index contributed by atoms with van der Waals surface area (Å²) in [5.74, 6) is -1.20. The first-order chi connectivity index (χ1) is 12.0. The van der Waals surface area contributed by atoms with Crippen LogP contribution in [0, 0.1) is 17.2 Å².